The highest BCUT2D eigenvalue weighted by Gasteiger charge is 2.06. The van der Waals surface area contributed by atoms with Crippen LogP contribution in [0.25, 0.3) is 0 Å². The Morgan fingerprint density at radius 1 is 1.50 bits per heavy atom. The molecule has 0 radical (unpaired) electrons. The highest BCUT2D eigenvalue weighted by molar-refractivity contribution is 5.26. The van der Waals surface area contributed by atoms with Gasteiger partial charge < -0.3 is 10.1 Å². The van der Waals surface area contributed by atoms with E-state index in [1.165, 1.54) is 11.3 Å². The van der Waals surface area contributed by atoms with Crippen molar-refractivity contribution in [3.05, 3.63) is 23.4 Å². The molecule has 0 saturated carbocycles. The molecule has 1 atom stereocenters. The molecule has 2 nitrogen and oxygen atoms in total. The zero-order valence-corrected chi connectivity index (χ0v) is 6.64. The topological polar surface area (TPSA) is 21.3 Å². The first-order chi connectivity index (χ1) is 4.74. The van der Waals surface area contributed by atoms with Crippen molar-refractivity contribution in [2.75, 3.05) is 7.11 Å². The monoisotopic (exact) mass is 139 g/mol. The summed E-state index contributed by atoms with van der Waals surface area (Å²) in [5.41, 5.74) is 2.46. The van der Waals surface area contributed by atoms with Gasteiger partial charge in [-0.25, -0.2) is 0 Å². The Labute approximate surface area is 61.6 Å². The first-order valence-electron chi connectivity index (χ1n) is 3.39. The molecule has 0 bridgehead atoms. The maximum atomic E-state index is 5.08. The van der Waals surface area contributed by atoms with Crippen LogP contribution in [0.3, 0.4) is 0 Å². The summed E-state index contributed by atoms with van der Waals surface area (Å²) >= 11 is 0. The van der Waals surface area contributed by atoms with Gasteiger partial charge in [0.15, 0.2) is 0 Å². The maximum absolute atomic E-state index is 5.08. The van der Waals surface area contributed by atoms with E-state index in [-0.39, 0.29) is 6.23 Å². The van der Waals surface area contributed by atoms with Crippen LogP contribution in [0.2, 0.25) is 0 Å². The van der Waals surface area contributed by atoms with E-state index in [0.717, 1.165) is 0 Å². The minimum atomic E-state index is 0.0590. The number of dihydropyridines is 1. The Bertz CT molecular complexity index is 182. The molecular weight excluding hydrogens is 126 g/mol. The lowest BCUT2D eigenvalue weighted by atomic mass is 10.1. The van der Waals surface area contributed by atoms with Crippen molar-refractivity contribution in [2.24, 2.45) is 0 Å². The van der Waals surface area contributed by atoms with Gasteiger partial charge in [-0.3, -0.25) is 0 Å². The van der Waals surface area contributed by atoms with Gasteiger partial charge in [0.1, 0.15) is 6.23 Å². The molecule has 1 rings (SSSR count). The number of rotatable bonds is 1. The second-order valence-corrected chi connectivity index (χ2v) is 2.47. The smallest absolute Gasteiger partial charge is 0.146 e. The summed E-state index contributed by atoms with van der Waals surface area (Å²) in [6.07, 6.45) is 4.13. The molecule has 0 saturated heterocycles. The summed E-state index contributed by atoms with van der Waals surface area (Å²) in [5, 5.41) is 3.19. The number of allylic oxidation sites excluding steroid dienone is 3. The van der Waals surface area contributed by atoms with Crippen molar-refractivity contribution in [3.63, 3.8) is 0 Å². The van der Waals surface area contributed by atoms with Crippen LogP contribution in [0.15, 0.2) is 23.4 Å². The first kappa shape index (κ1) is 7.35. The van der Waals surface area contributed by atoms with Crippen molar-refractivity contribution in [1.29, 1.82) is 0 Å². The van der Waals surface area contributed by atoms with Crippen LogP contribution in [-0.4, -0.2) is 13.3 Å². The van der Waals surface area contributed by atoms with Gasteiger partial charge in [0.2, 0.25) is 0 Å². The van der Waals surface area contributed by atoms with E-state index in [4.69, 9.17) is 4.74 Å². The van der Waals surface area contributed by atoms with Crippen LogP contribution in [0, 0.1) is 0 Å². The van der Waals surface area contributed by atoms with E-state index < -0.39 is 0 Å². The summed E-state index contributed by atoms with van der Waals surface area (Å²) < 4.78 is 5.08. The quantitative estimate of drug-likeness (QED) is 0.593. The average molecular weight is 139 g/mol. The Morgan fingerprint density at radius 3 is 2.70 bits per heavy atom. The predicted molar refractivity (Wildman–Crippen MR) is 41.4 cm³/mol. The van der Waals surface area contributed by atoms with Crippen LogP contribution in [0.1, 0.15) is 13.8 Å². The highest BCUT2D eigenvalue weighted by atomic mass is 16.5. The van der Waals surface area contributed by atoms with E-state index in [0.29, 0.717) is 0 Å². The molecule has 0 aromatic carbocycles. The van der Waals surface area contributed by atoms with E-state index in [2.05, 4.69) is 18.3 Å². The normalized spacial score (nSPS) is 24.9. The number of hydrogen-bond acceptors (Lipinski definition) is 2. The van der Waals surface area contributed by atoms with Crippen LogP contribution < -0.4 is 5.32 Å². The number of ether oxygens (including phenoxy) is 1. The largest absolute Gasteiger partial charge is 0.360 e. The molecule has 0 fully saturated rings. The summed E-state index contributed by atoms with van der Waals surface area (Å²) in [6.45, 7) is 4.12. The molecule has 1 aliphatic rings. The fourth-order valence-electron chi connectivity index (χ4n) is 0.870. The molecule has 1 heterocycles. The van der Waals surface area contributed by atoms with E-state index >= 15 is 0 Å². The molecule has 1 aliphatic heterocycles. The lowest BCUT2D eigenvalue weighted by Crippen LogP contribution is -2.29. The Hall–Kier alpha value is -0.760. The second-order valence-electron chi connectivity index (χ2n) is 2.47. The van der Waals surface area contributed by atoms with Gasteiger partial charge in [-0.05, 0) is 25.5 Å². The Kier molecular flexibility index (Phi) is 2.12. The molecule has 0 spiro atoms. The van der Waals surface area contributed by atoms with Gasteiger partial charge in [0.05, 0.1) is 0 Å². The molecule has 1 N–H and O–H groups in total. The minimum absolute atomic E-state index is 0.0590. The zero-order valence-electron chi connectivity index (χ0n) is 6.64. The Balaban J connectivity index is 2.65. The number of hydrogen-bond donors (Lipinski definition) is 1. The SMILES string of the molecule is COC1C=CC(C)=C(C)N1. The molecule has 0 aromatic rings. The van der Waals surface area contributed by atoms with Gasteiger partial charge in [-0.2, -0.15) is 0 Å². The molecule has 10 heavy (non-hydrogen) atoms. The van der Waals surface area contributed by atoms with Crippen LogP contribution in [0.5, 0.6) is 0 Å². The minimum Gasteiger partial charge on any atom is -0.360 e. The van der Waals surface area contributed by atoms with E-state index in [1.54, 1.807) is 7.11 Å². The van der Waals surface area contributed by atoms with E-state index in [1.807, 2.05) is 13.0 Å². The summed E-state index contributed by atoms with van der Waals surface area (Å²) in [7, 11) is 1.69. The predicted octanol–water partition coefficient (Wildman–Crippen LogP) is 1.41. The molecule has 1 unspecified atom stereocenters. The lowest BCUT2D eigenvalue weighted by molar-refractivity contribution is 0.120. The van der Waals surface area contributed by atoms with Crippen molar-refractivity contribution in [2.45, 2.75) is 20.1 Å². The third-order valence-corrected chi connectivity index (χ3v) is 1.73. The fraction of sp³-hybridized carbons (Fsp3) is 0.500. The molecule has 0 aliphatic carbocycles. The van der Waals surface area contributed by atoms with Crippen LogP contribution >= 0.6 is 0 Å². The van der Waals surface area contributed by atoms with Gasteiger partial charge >= 0.3 is 0 Å². The number of methoxy groups -OCH3 is 1. The van der Waals surface area contributed by atoms with Gasteiger partial charge in [0, 0.05) is 12.8 Å². The molecule has 0 aromatic heterocycles. The summed E-state index contributed by atoms with van der Waals surface area (Å²) in [6, 6.07) is 0. The Morgan fingerprint density at radius 2 is 2.20 bits per heavy atom. The van der Waals surface area contributed by atoms with Crippen LogP contribution in [-0.2, 0) is 4.74 Å². The summed E-state index contributed by atoms with van der Waals surface area (Å²) in [4.78, 5) is 0. The number of nitrogens with one attached hydrogen (secondary N) is 1. The fourth-order valence-corrected chi connectivity index (χ4v) is 0.870. The summed E-state index contributed by atoms with van der Waals surface area (Å²) in [5.74, 6) is 0. The third-order valence-electron chi connectivity index (χ3n) is 1.73. The highest BCUT2D eigenvalue weighted by Crippen LogP contribution is 2.09. The van der Waals surface area contributed by atoms with Crippen molar-refractivity contribution in [1.82, 2.24) is 5.32 Å². The molecule has 0 amide bonds. The zero-order chi connectivity index (χ0) is 7.56. The molecular formula is C8H13NO. The van der Waals surface area contributed by atoms with Crippen LogP contribution in [0.4, 0.5) is 0 Å². The van der Waals surface area contributed by atoms with Gasteiger partial charge in [-0.15, -0.1) is 0 Å². The molecule has 56 valence electrons. The third kappa shape index (κ3) is 1.39. The molecule has 2 heteroatoms. The lowest BCUT2D eigenvalue weighted by Gasteiger charge is -2.20. The van der Waals surface area contributed by atoms with Gasteiger partial charge in [0.25, 0.3) is 0 Å². The van der Waals surface area contributed by atoms with Crippen molar-refractivity contribution < 1.29 is 4.74 Å². The maximum Gasteiger partial charge on any atom is 0.146 e. The second kappa shape index (κ2) is 2.88. The van der Waals surface area contributed by atoms with Crippen molar-refractivity contribution >= 4 is 0 Å². The van der Waals surface area contributed by atoms with E-state index in [9.17, 15) is 0 Å². The first-order valence-corrected chi connectivity index (χ1v) is 3.39. The average Bonchev–Trinajstić information content (AvgIpc) is 1.95. The van der Waals surface area contributed by atoms with Crippen molar-refractivity contribution in [3.8, 4) is 0 Å². The van der Waals surface area contributed by atoms with Gasteiger partial charge in [-0.1, -0.05) is 6.08 Å². The standard InChI is InChI=1S/C8H13NO/c1-6-4-5-8(10-3)9-7(6)2/h4-5,8-9H,1-3H3.